The lowest BCUT2D eigenvalue weighted by molar-refractivity contribution is 0.414. The normalized spacial score (nSPS) is 10.0. The number of benzene rings is 1. The van der Waals surface area contributed by atoms with Crippen molar-refractivity contribution >= 4 is 11.6 Å². The molecule has 1 aromatic heterocycles. The highest BCUT2D eigenvalue weighted by Gasteiger charge is 2.10. The second-order valence-electron chi connectivity index (χ2n) is 4.38. The molecule has 0 fully saturated rings. The Morgan fingerprint density at radius 3 is 2.33 bits per heavy atom. The zero-order chi connectivity index (χ0) is 15.1. The van der Waals surface area contributed by atoms with E-state index < -0.39 is 0 Å². The van der Waals surface area contributed by atoms with Gasteiger partial charge in [0.05, 0.1) is 14.2 Å². The van der Waals surface area contributed by atoms with E-state index in [-0.39, 0.29) is 0 Å². The van der Waals surface area contributed by atoms with Gasteiger partial charge in [-0.15, -0.1) is 0 Å². The van der Waals surface area contributed by atoms with E-state index in [4.69, 9.17) is 9.47 Å². The summed E-state index contributed by atoms with van der Waals surface area (Å²) in [6.45, 7) is 0.753. The van der Waals surface area contributed by atoms with Crippen molar-refractivity contribution in [2.24, 2.45) is 0 Å². The highest BCUT2D eigenvalue weighted by molar-refractivity contribution is 5.63. The van der Waals surface area contributed by atoms with Gasteiger partial charge in [-0.05, 0) is 24.1 Å². The molecule has 112 valence electrons. The first-order valence-electron chi connectivity index (χ1n) is 6.72. The van der Waals surface area contributed by atoms with Crippen LogP contribution in [-0.4, -0.2) is 37.8 Å². The second kappa shape index (κ2) is 7.33. The topological polar surface area (TPSA) is 68.3 Å². The lowest BCUT2D eigenvalue weighted by atomic mass is 10.1. The number of aromatic nitrogens is 2. The Morgan fingerprint density at radius 1 is 1.00 bits per heavy atom. The Hall–Kier alpha value is -2.50. The van der Waals surface area contributed by atoms with Gasteiger partial charge >= 0.3 is 0 Å². The smallest absolute Gasteiger partial charge is 0.204 e. The van der Waals surface area contributed by atoms with Crippen LogP contribution in [0.4, 0.5) is 11.6 Å². The number of hydrogen-bond acceptors (Lipinski definition) is 6. The molecule has 0 aliphatic rings. The van der Waals surface area contributed by atoms with Crippen LogP contribution in [0, 0.1) is 0 Å². The number of rotatable bonds is 7. The number of ether oxygens (including phenoxy) is 2. The molecule has 1 aromatic carbocycles. The third-order valence-electron chi connectivity index (χ3n) is 3.11. The summed E-state index contributed by atoms with van der Waals surface area (Å²) in [5, 5.41) is 6.25. The number of nitrogens with one attached hydrogen (secondary N) is 2. The predicted octanol–water partition coefficient (Wildman–Crippen LogP) is 2.19. The molecule has 0 aliphatic heterocycles. The van der Waals surface area contributed by atoms with Crippen molar-refractivity contribution < 1.29 is 9.47 Å². The van der Waals surface area contributed by atoms with Crippen molar-refractivity contribution in [3.63, 3.8) is 0 Å². The fourth-order valence-corrected chi connectivity index (χ4v) is 1.99. The lowest BCUT2D eigenvalue weighted by Crippen LogP contribution is -2.09. The standard InChI is InChI=1S/C15H20N4O2/c1-16-14-13(21-3)15(19-10-18-14)17-9-8-11-4-6-12(20-2)7-5-11/h4-7,10H,8-9H2,1-3H3,(H2,16,17,18,19). The van der Waals surface area contributed by atoms with Crippen molar-refractivity contribution in [3.8, 4) is 11.5 Å². The molecule has 0 spiro atoms. The summed E-state index contributed by atoms with van der Waals surface area (Å²) in [5.74, 6) is 2.84. The van der Waals surface area contributed by atoms with Gasteiger partial charge < -0.3 is 20.1 Å². The summed E-state index contributed by atoms with van der Waals surface area (Å²) in [5.41, 5.74) is 1.23. The molecule has 2 aromatic rings. The molecule has 0 bridgehead atoms. The van der Waals surface area contributed by atoms with E-state index >= 15 is 0 Å². The van der Waals surface area contributed by atoms with Crippen molar-refractivity contribution in [2.75, 3.05) is 38.4 Å². The Balaban J connectivity index is 1.96. The average Bonchev–Trinajstić information content (AvgIpc) is 2.55. The Kier molecular flexibility index (Phi) is 5.20. The molecule has 0 saturated carbocycles. The van der Waals surface area contributed by atoms with E-state index in [1.54, 1.807) is 21.3 Å². The van der Waals surface area contributed by atoms with Crippen molar-refractivity contribution in [2.45, 2.75) is 6.42 Å². The Labute approximate surface area is 124 Å². The zero-order valence-electron chi connectivity index (χ0n) is 12.5. The highest BCUT2D eigenvalue weighted by atomic mass is 16.5. The summed E-state index contributed by atoms with van der Waals surface area (Å²) >= 11 is 0. The summed E-state index contributed by atoms with van der Waals surface area (Å²) in [6.07, 6.45) is 2.39. The molecule has 0 saturated heterocycles. The molecule has 6 nitrogen and oxygen atoms in total. The van der Waals surface area contributed by atoms with E-state index in [0.29, 0.717) is 17.4 Å². The molecule has 2 rings (SSSR count). The minimum Gasteiger partial charge on any atom is -0.497 e. The maximum absolute atomic E-state index is 5.33. The van der Waals surface area contributed by atoms with Gasteiger partial charge in [0.2, 0.25) is 5.75 Å². The Bertz CT molecular complexity index is 572. The van der Waals surface area contributed by atoms with Gasteiger partial charge in [-0.25, -0.2) is 9.97 Å². The minimum atomic E-state index is 0.620. The molecule has 0 aliphatic carbocycles. The molecular formula is C15H20N4O2. The molecule has 2 N–H and O–H groups in total. The predicted molar refractivity (Wildman–Crippen MR) is 83.3 cm³/mol. The molecule has 1 heterocycles. The summed E-state index contributed by atoms with van der Waals surface area (Å²) in [4.78, 5) is 8.32. The van der Waals surface area contributed by atoms with Crippen LogP contribution in [-0.2, 0) is 6.42 Å². The third kappa shape index (κ3) is 3.75. The van der Waals surface area contributed by atoms with Crippen LogP contribution in [0.3, 0.4) is 0 Å². The third-order valence-corrected chi connectivity index (χ3v) is 3.11. The van der Waals surface area contributed by atoms with Gasteiger partial charge in [-0.3, -0.25) is 0 Å². The van der Waals surface area contributed by atoms with Gasteiger partial charge in [-0.1, -0.05) is 12.1 Å². The molecule has 0 unspecified atom stereocenters. The van der Waals surface area contributed by atoms with E-state index in [2.05, 4.69) is 32.7 Å². The van der Waals surface area contributed by atoms with Gasteiger partial charge in [0.25, 0.3) is 0 Å². The van der Waals surface area contributed by atoms with Crippen LogP contribution in [0.25, 0.3) is 0 Å². The fraction of sp³-hybridized carbons (Fsp3) is 0.333. The quantitative estimate of drug-likeness (QED) is 0.814. The van der Waals surface area contributed by atoms with Crippen molar-refractivity contribution in [3.05, 3.63) is 36.2 Å². The van der Waals surface area contributed by atoms with E-state index in [9.17, 15) is 0 Å². The maximum Gasteiger partial charge on any atom is 0.204 e. The van der Waals surface area contributed by atoms with Gasteiger partial charge in [0.1, 0.15) is 12.1 Å². The first kappa shape index (κ1) is 14.9. The molecule has 0 atom stereocenters. The molecule has 21 heavy (non-hydrogen) atoms. The van der Waals surface area contributed by atoms with Crippen molar-refractivity contribution in [1.82, 2.24) is 9.97 Å². The number of hydrogen-bond donors (Lipinski definition) is 2. The second-order valence-corrected chi connectivity index (χ2v) is 4.38. The van der Waals surface area contributed by atoms with Crippen LogP contribution in [0.1, 0.15) is 5.56 Å². The number of nitrogens with zero attached hydrogens (tertiary/aromatic N) is 2. The maximum atomic E-state index is 5.33. The zero-order valence-corrected chi connectivity index (χ0v) is 12.5. The van der Waals surface area contributed by atoms with E-state index in [1.807, 2.05) is 12.1 Å². The summed E-state index contributed by atoms with van der Waals surface area (Å²) < 4.78 is 10.5. The van der Waals surface area contributed by atoms with Gasteiger partial charge in [0, 0.05) is 13.6 Å². The lowest BCUT2D eigenvalue weighted by Gasteiger charge is -2.12. The highest BCUT2D eigenvalue weighted by Crippen LogP contribution is 2.28. The average molecular weight is 288 g/mol. The first-order valence-corrected chi connectivity index (χ1v) is 6.72. The van der Waals surface area contributed by atoms with Crippen molar-refractivity contribution in [1.29, 1.82) is 0 Å². The number of anilines is 2. The first-order chi connectivity index (χ1) is 10.3. The monoisotopic (exact) mass is 288 g/mol. The van der Waals surface area contributed by atoms with Gasteiger partial charge in [0.15, 0.2) is 11.6 Å². The van der Waals surface area contributed by atoms with Crippen LogP contribution >= 0.6 is 0 Å². The van der Waals surface area contributed by atoms with Crippen LogP contribution in [0.2, 0.25) is 0 Å². The molecule has 0 radical (unpaired) electrons. The van der Waals surface area contributed by atoms with E-state index in [0.717, 1.165) is 18.7 Å². The molecule has 6 heteroatoms. The molecular weight excluding hydrogens is 268 g/mol. The molecule has 0 amide bonds. The fourth-order valence-electron chi connectivity index (χ4n) is 1.99. The number of methoxy groups -OCH3 is 2. The SMILES string of the molecule is CNc1ncnc(NCCc2ccc(OC)cc2)c1OC. The van der Waals surface area contributed by atoms with Crippen LogP contribution in [0.5, 0.6) is 11.5 Å². The minimum absolute atomic E-state index is 0.620. The van der Waals surface area contributed by atoms with Crippen LogP contribution in [0.15, 0.2) is 30.6 Å². The largest absolute Gasteiger partial charge is 0.497 e. The Morgan fingerprint density at radius 2 is 1.71 bits per heavy atom. The summed E-state index contributed by atoms with van der Waals surface area (Å²) in [7, 11) is 5.07. The van der Waals surface area contributed by atoms with Gasteiger partial charge in [-0.2, -0.15) is 0 Å². The summed E-state index contributed by atoms with van der Waals surface area (Å²) in [6, 6.07) is 8.02. The van der Waals surface area contributed by atoms with Crippen LogP contribution < -0.4 is 20.1 Å². The van der Waals surface area contributed by atoms with E-state index in [1.165, 1.54) is 11.9 Å².